The minimum absolute atomic E-state index is 0.0868. The lowest BCUT2D eigenvalue weighted by molar-refractivity contribution is 0.355. The molecular formula is C16H17N5O4. The standard InChI is InChI=1S/C16H17N5O4/c1-5-21-14-12(15(22)20(2)16(23)18-14)17-13(19-21)9-6-7-10(24-3)11(8-9)25-4/h6-8H,5H2,1-4H3. The van der Waals surface area contributed by atoms with E-state index in [9.17, 15) is 9.59 Å². The van der Waals surface area contributed by atoms with Crippen LogP contribution in [0.4, 0.5) is 0 Å². The second-order valence-electron chi connectivity index (χ2n) is 5.25. The molecule has 0 N–H and O–H groups in total. The molecule has 1 aromatic rings. The molecule has 0 bridgehead atoms. The van der Waals surface area contributed by atoms with Gasteiger partial charge in [0, 0.05) is 19.2 Å². The van der Waals surface area contributed by atoms with E-state index in [0.717, 1.165) is 4.57 Å². The molecule has 25 heavy (non-hydrogen) atoms. The van der Waals surface area contributed by atoms with Gasteiger partial charge in [-0.05, 0) is 25.1 Å². The molecule has 0 saturated carbocycles. The van der Waals surface area contributed by atoms with Crippen molar-refractivity contribution in [2.75, 3.05) is 14.2 Å². The molecule has 130 valence electrons. The van der Waals surface area contributed by atoms with Crippen molar-refractivity contribution in [3.05, 3.63) is 39.0 Å². The highest BCUT2D eigenvalue weighted by Crippen LogP contribution is 2.31. The smallest absolute Gasteiger partial charge is 0.352 e. The first-order valence-corrected chi connectivity index (χ1v) is 7.58. The number of nitrogens with zero attached hydrogens (tertiary/aromatic N) is 5. The third-order valence-corrected chi connectivity index (χ3v) is 3.83. The molecule has 2 aliphatic rings. The highest BCUT2D eigenvalue weighted by Gasteiger charge is 2.20. The van der Waals surface area contributed by atoms with Crippen LogP contribution in [0.25, 0.3) is 22.9 Å². The molecule has 0 fully saturated rings. The zero-order chi connectivity index (χ0) is 18.1. The number of aryl methyl sites for hydroxylation is 1. The van der Waals surface area contributed by atoms with E-state index in [0.29, 0.717) is 29.4 Å². The molecule has 9 heteroatoms. The first-order valence-electron chi connectivity index (χ1n) is 7.58. The van der Waals surface area contributed by atoms with Gasteiger partial charge in [0.05, 0.1) is 14.2 Å². The van der Waals surface area contributed by atoms with Crippen molar-refractivity contribution < 1.29 is 9.47 Å². The number of benzene rings is 1. The Balaban J connectivity index is 2.30. The van der Waals surface area contributed by atoms with Crippen LogP contribution in [0.3, 0.4) is 0 Å². The summed E-state index contributed by atoms with van der Waals surface area (Å²) in [5.41, 5.74) is -0.415. The SMILES string of the molecule is CCn1nc(-c2ccc(OC)c(OC)c2)nc2c(=O)n(C)c(=O)nc1-2. The molecule has 0 radical (unpaired) electrons. The van der Waals surface area contributed by atoms with Crippen LogP contribution < -0.4 is 20.7 Å². The Morgan fingerprint density at radius 2 is 1.80 bits per heavy atom. The van der Waals surface area contributed by atoms with Gasteiger partial charge in [0.25, 0.3) is 5.56 Å². The van der Waals surface area contributed by atoms with Crippen molar-refractivity contribution in [3.63, 3.8) is 0 Å². The van der Waals surface area contributed by atoms with E-state index >= 15 is 0 Å². The van der Waals surface area contributed by atoms with Crippen molar-refractivity contribution in [2.24, 2.45) is 7.05 Å². The van der Waals surface area contributed by atoms with Crippen LogP contribution in [0, 0.1) is 0 Å². The van der Waals surface area contributed by atoms with E-state index < -0.39 is 11.2 Å². The van der Waals surface area contributed by atoms with Gasteiger partial charge in [-0.15, -0.1) is 0 Å². The minimum Gasteiger partial charge on any atom is -0.493 e. The third-order valence-electron chi connectivity index (χ3n) is 3.83. The van der Waals surface area contributed by atoms with Gasteiger partial charge >= 0.3 is 5.69 Å². The zero-order valence-corrected chi connectivity index (χ0v) is 14.3. The summed E-state index contributed by atoms with van der Waals surface area (Å²) < 4.78 is 12.9. The summed E-state index contributed by atoms with van der Waals surface area (Å²) in [5.74, 6) is 1.59. The number of aromatic nitrogens is 5. The second kappa shape index (κ2) is 6.34. The van der Waals surface area contributed by atoms with Crippen LogP contribution in [0.1, 0.15) is 6.92 Å². The molecule has 0 unspecified atom stereocenters. The summed E-state index contributed by atoms with van der Waals surface area (Å²) in [6.45, 7) is 2.27. The number of ether oxygens (including phenoxy) is 2. The van der Waals surface area contributed by atoms with Gasteiger partial charge in [0.1, 0.15) is 0 Å². The normalized spacial score (nSPS) is 10.9. The lowest BCUT2D eigenvalue weighted by Crippen LogP contribution is -2.37. The summed E-state index contributed by atoms with van der Waals surface area (Å²) in [7, 11) is 4.45. The van der Waals surface area contributed by atoms with Crippen molar-refractivity contribution in [1.82, 2.24) is 24.3 Å². The van der Waals surface area contributed by atoms with Gasteiger partial charge < -0.3 is 9.47 Å². The van der Waals surface area contributed by atoms with Crippen LogP contribution >= 0.6 is 0 Å². The Morgan fingerprint density at radius 1 is 1.08 bits per heavy atom. The van der Waals surface area contributed by atoms with E-state index in [1.165, 1.54) is 18.8 Å². The fourth-order valence-electron chi connectivity index (χ4n) is 2.45. The summed E-state index contributed by atoms with van der Waals surface area (Å²) in [6, 6.07) is 5.22. The maximum atomic E-state index is 12.4. The quantitative estimate of drug-likeness (QED) is 0.681. The van der Waals surface area contributed by atoms with Gasteiger partial charge in [-0.1, -0.05) is 0 Å². The maximum Gasteiger partial charge on any atom is 0.352 e. The molecular weight excluding hydrogens is 326 g/mol. The fraction of sp³-hybridized carbons (Fsp3) is 0.312. The Kier molecular flexibility index (Phi) is 4.22. The van der Waals surface area contributed by atoms with E-state index in [2.05, 4.69) is 15.1 Å². The van der Waals surface area contributed by atoms with Crippen LogP contribution in [0.2, 0.25) is 0 Å². The maximum absolute atomic E-state index is 12.4. The van der Waals surface area contributed by atoms with Crippen LogP contribution in [0.15, 0.2) is 27.8 Å². The molecule has 1 aromatic carbocycles. The average Bonchev–Trinajstić information content (AvgIpc) is 2.65. The molecule has 2 aliphatic heterocycles. The van der Waals surface area contributed by atoms with Crippen molar-refractivity contribution >= 4 is 0 Å². The largest absolute Gasteiger partial charge is 0.493 e. The predicted octanol–water partition coefficient (Wildman–Crippen LogP) is 0.541. The van der Waals surface area contributed by atoms with E-state index in [1.54, 1.807) is 25.3 Å². The molecule has 0 saturated heterocycles. The van der Waals surface area contributed by atoms with E-state index in [-0.39, 0.29) is 11.5 Å². The topological polar surface area (TPSA) is 101 Å². The van der Waals surface area contributed by atoms with Gasteiger partial charge in [0.15, 0.2) is 28.8 Å². The third kappa shape index (κ3) is 2.73. The first kappa shape index (κ1) is 16.6. The van der Waals surface area contributed by atoms with Gasteiger partial charge in [-0.2, -0.15) is 10.1 Å². The number of hydrogen-bond donors (Lipinski definition) is 0. The Morgan fingerprint density at radius 3 is 2.44 bits per heavy atom. The minimum atomic E-state index is -0.637. The molecule has 0 amide bonds. The van der Waals surface area contributed by atoms with Crippen LogP contribution in [0.5, 0.6) is 11.5 Å². The number of fused-ring (bicyclic) bond motifs is 1. The lowest BCUT2D eigenvalue weighted by atomic mass is 10.2. The Hall–Kier alpha value is -3.23. The second-order valence-corrected chi connectivity index (χ2v) is 5.25. The molecule has 0 spiro atoms. The molecule has 0 atom stereocenters. The van der Waals surface area contributed by atoms with E-state index in [4.69, 9.17) is 9.47 Å². The molecule has 3 rings (SSSR count). The predicted molar refractivity (Wildman–Crippen MR) is 90.2 cm³/mol. The first-order chi connectivity index (χ1) is 12.0. The lowest BCUT2D eigenvalue weighted by Gasteiger charge is -2.14. The molecule has 0 aliphatic carbocycles. The fourth-order valence-corrected chi connectivity index (χ4v) is 2.45. The number of rotatable bonds is 4. The Labute approximate surface area is 142 Å². The van der Waals surface area contributed by atoms with Crippen molar-refractivity contribution in [3.8, 4) is 34.4 Å². The average molecular weight is 343 g/mol. The van der Waals surface area contributed by atoms with Crippen molar-refractivity contribution in [2.45, 2.75) is 13.5 Å². The monoisotopic (exact) mass is 343 g/mol. The van der Waals surface area contributed by atoms with Crippen LogP contribution in [-0.2, 0) is 13.6 Å². The van der Waals surface area contributed by atoms with Crippen LogP contribution in [-0.4, -0.2) is 38.5 Å². The molecule has 0 aromatic heterocycles. The summed E-state index contributed by atoms with van der Waals surface area (Å²) in [4.78, 5) is 32.4. The Bertz CT molecular complexity index is 1020. The van der Waals surface area contributed by atoms with Gasteiger partial charge in [-0.3, -0.25) is 9.36 Å². The number of hydrogen-bond acceptors (Lipinski definition) is 7. The van der Waals surface area contributed by atoms with Gasteiger partial charge in [-0.25, -0.2) is 14.5 Å². The summed E-state index contributed by atoms with van der Waals surface area (Å²) in [6.07, 6.45) is 0. The summed E-state index contributed by atoms with van der Waals surface area (Å²) >= 11 is 0. The van der Waals surface area contributed by atoms with Crippen molar-refractivity contribution in [1.29, 1.82) is 0 Å². The summed E-state index contributed by atoms with van der Waals surface area (Å²) in [5, 5.41) is 4.39. The number of methoxy groups -OCH3 is 2. The highest BCUT2D eigenvalue weighted by atomic mass is 16.5. The van der Waals surface area contributed by atoms with Gasteiger partial charge in [0.2, 0.25) is 0 Å². The molecule has 2 heterocycles. The molecule has 9 nitrogen and oxygen atoms in total. The highest BCUT2D eigenvalue weighted by molar-refractivity contribution is 5.63. The zero-order valence-electron chi connectivity index (χ0n) is 14.3. The van der Waals surface area contributed by atoms with E-state index in [1.807, 2.05) is 6.92 Å².